The van der Waals surface area contributed by atoms with Crippen LogP contribution in [0.3, 0.4) is 0 Å². The van der Waals surface area contributed by atoms with Crippen molar-refractivity contribution < 1.29 is 4.92 Å². The highest BCUT2D eigenvalue weighted by atomic mass is 35.5. The minimum absolute atomic E-state index is 0. The molecule has 0 spiro atoms. The summed E-state index contributed by atoms with van der Waals surface area (Å²) in [6, 6.07) is 5.39. The van der Waals surface area contributed by atoms with Crippen LogP contribution in [0, 0.1) is 10.1 Å². The Morgan fingerprint density at radius 2 is 1.88 bits per heavy atom. The largest absolute Gasteiger partial charge is 0.344 e. The van der Waals surface area contributed by atoms with Gasteiger partial charge in [-0.25, -0.2) is 0 Å². The van der Waals surface area contributed by atoms with E-state index in [2.05, 4.69) is 23.6 Å². The third-order valence-electron chi connectivity index (χ3n) is 5.06. The van der Waals surface area contributed by atoms with Gasteiger partial charge in [-0.05, 0) is 64.4 Å². The van der Waals surface area contributed by atoms with Gasteiger partial charge in [0.15, 0.2) is 0 Å². The van der Waals surface area contributed by atoms with Crippen LogP contribution in [0.4, 0.5) is 5.69 Å². The predicted molar refractivity (Wildman–Crippen MR) is 105 cm³/mol. The van der Waals surface area contributed by atoms with Gasteiger partial charge in [0, 0.05) is 35.3 Å². The van der Waals surface area contributed by atoms with Gasteiger partial charge in [-0.15, -0.1) is 12.4 Å². The number of aromatic nitrogens is 1. The van der Waals surface area contributed by atoms with E-state index >= 15 is 0 Å². The standard InChI is InChI=1S/C19H27N3O2.ClH/c1-20(2)12-7-13-21-18-9-6-4-3-5-8-16(18)17-14-15(22(23)24)10-11-19(17)21;/h10-11,14H,3-9,12-13H2,1-2H3;1H. The van der Waals surface area contributed by atoms with E-state index in [1.807, 2.05) is 6.07 Å². The van der Waals surface area contributed by atoms with Crippen molar-refractivity contribution in [1.82, 2.24) is 9.47 Å². The van der Waals surface area contributed by atoms with E-state index in [4.69, 9.17) is 0 Å². The second kappa shape index (κ2) is 8.68. The third kappa shape index (κ3) is 4.33. The zero-order chi connectivity index (χ0) is 17.1. The Morgan fingerprint density at radius 1 is 1.16 bits per heavy atom. The van der Waals surface area contributed by atoms with Gasteiger partial charge < -0.3 is 9.47 Å². The Morgan fingerprint density at radius 3 is 2.56 bits per heavy atom. The molecule has 0 aliphatic heterocycles. The van der Waals surface area contributed by atoms with Gasteiger partial charge >= 0.3 is 0 Å². The van der Waals surface area contributed by atoms with Crippen molar-refractivity contribution >= 4 is 29.0 Å². The summed E-state index contributed by atoms with van der Waals surface area (Å²) in [5.74, 6) is 0. The SMILES string of the molecule is CN(C)CCCn1c2c(c3cc([N+](=O)[O-])ccc31)CCCCCC2.Cl. The number of halogens is 1. The van der Waals surface area contributed by atoms with Gasteiger partial charge in [0.2, 0.25) is 0 Å². The normalized spacial score (nSPS) is 14.7. The Bertz CT molecular complexity index is 740. The fourth-order valence-corrected chi connectivity index (χ4v) is 3.89. The summed E-state index contributed by atoms with van der Waals surface area (Å²) in [4.78, 5) is 13.1. The number of rotatable bonds is 5. The molecule has 1 aliphatic carbocycles. The number of hydrogen-bond donors (Lipinski definition) is 0. The molecule has 1 aromatic carbocycles. The highest BCUT2D eigenvalue weighted by Gasteiger charge is 2.20. The lowest BCUT2D eigenvalue weighted by atomic mass is 9.96. The smallest absolute Gasteiger partial charge is 0.270 e. The van der Waals surface area contributed by atoms with Crippen LogP contribution < -0.4 is 0 Å². The first kappa shape index (κ1) is 19.7. The van der Waals surface area contributed by atoms with Gasteiger partial charge in [0.25, 0.3) is 5.69 Å². The molecule has 6 heteroatoms. The van der Waals surface area contributed by atoms with Crippen molar-refractivity contribution in [3.8, 4) is 0 Å². The molecule has 0 unspecified atom stereocenters. The molecule has 0 radical (unpaired) electrons. The molecular formula is C19H28ClN3O2. The molecule has 0 fully saturated rings. The van der Waals surface area contributed by atoms with E-state index in [-0.39, 0.29) is 23.0 Å². The molecule has 5 nitrogen and oxygen atoms in total. The van der Waals surface area contributed by atoms with E-state index in [0.717, 1.165) is 37.7 Å². The molecule has 0 N–H and O–H groups in total. The summed E-state index contributed by atoms with van der Waals surface area (Å²) in [6.45, 7) is 2.04. The summed E-state index contributed by atoms with van der Waals surface area (Å²) in [5, 5.41) is 12.3. The molecule has 1 aliphatic rings. The van der Waals surface area contributed by atoms with Crippen molar-refractivity contribution in [1.29, 1.82) is 0 Å². The number of hydrogen-bond acceptors (Lipinski definition) is 3. The van der Waals surface area contributed by atoms with Crippen molar-refractivity contribution in [2.45, 2.75) is 51.5 Å². The molecule has 3 rings (SSSR count). The molecule has 0 bridgehead atoms. The van der Waals surface area contributed by atoms with Gasteiger partial charge in [0.05, 0.1) is 4.92 Å². The maximum atomic E-state index is 11.2. The monoisotopic (exact) mass is 365 g/mol. The van der Waals surface area contributed by atoms with E-state index in [0.29, 0.717) is 0 Å². The van der Waals surface area contributed by atoms with Crippen LogP contribution in [0.5, 0.6) is 0 Å². The molecule has 138 valence electrons. The predicted octanol–water partition coefficient (Wildman–Crippen LogP) is 4.58. The van der Waals surface area contributed by atoms with Crippen LogP contribution >= 0.6 is 12.4 Å². The van der Waals surface area contributed by atoms with Crippen molar-refractivity contribution in [2.75, 3.05) is 20.6 Å². The maximum absolute atomic E-state index is 11.2. The quantitative estimate of drug-likeness (QED) is 0.575. The Hall–Kier alpha value is -1.59. The summed E-state index contributed by atoms with van der Waals surface area (Å²) in [5.41, 5.74) is 4.16. The first-order chi connectivity index (χ1) is 11.6. The number of benzene rings is 1. The first-order valence-electron chi connectivity index (χ1n) is 9.01. The van der Waals surface area contributed by atoms with Crippen molar-refractivity contribution in [2.24, 2.45) is 0 Å². The summed E-state index contributed by atoms with van der Waals surface area (Å²) in [6.07, 6.45) is 8.21. The number of nitro groups is 1. The van der Waals surface area contributed by atoms with Gasteiger partial charge in [-0.3, -0.25) is 10.1 Å². The minimum Gasteiger partial charge on any atom is -0.344 e. The Labute approximate surface area is 155 Å². The van der Waals surface area contributed by atoms with Crippen LogP contribution in [0.2, 0.25) is 0 Å². The van der Waals surface area contributed by atoms with Crippen molar-refractivity contribution in [3.63, 3.8) is 0 Å². The Kier molecular flexibility index (Phi) is 6.85. The zero-order valence-corrected chi connectivity index (χ0v) is 16.0. The average Bonchev–Trinajstić information content (AvgIpc) is 2.78. The van der Waals surface area contributed by atoms with Crippen LogP contribution in [0.15, 0.2) is 18.2 Å². The fraction of sp³-hybridized carbons (Fsp3) is 0.579. The molecule has 0 atom stereocenters. The highest BCUT2D eigenvalue weighted by molar-refractivity contribution is 5.87. The highest BCUT2D eigenvalue weighted by Crippen LogP contribution is 2.33. The molecule has 0 saturated heterocycles. The summed E-state index contributed by atoms with van der Waals surface area (Å²) >= 11 is 0. The van der Waals surface area contributed by atoms with E-state index in [1.165, 1.54) is 42.5 Å². The lowest BCUT2D eigenvalue weighted by Crippen LogP contribution is -2.16. The number of aryl methyl sites for hydroxylation is 2. The number of nitrogens with zero attached hydrogens (tertiary/aromatic N) is 3. The summed E-state index contributed by atoms with van der Waals surface area (Å²) < 4.78 is 2.43. The fourth-order valence-electron chi connectivity index (χ4n) is 3.89. The first-order valence-corrected chi connectivity index (χ1v) is 9.01. The Balaban J connectivity index is 0.00000225. The summed E-state index contributed by atoms with van der Waals surface area (Å²) in [7, 11) is 4.20. The number of nitro benzene ring substituents is 1. The lowest BCUT2D eigenvalue weighted by Gasteiger charge is -2.16. The molecule has 0 saturated carbocycles. The zero-order valence-electron chi connectivity index (χ0n) is 15.2. The molecular weight excluding hydrogens is 338 g/mol. The van der Waals surface area contributed by atoms with Crippen LogP contribution in [0.25, 0.3) is 10.9 Å². The van der Waals surface area contributed by atoms with Gasteiger partial charge in [-0.1, -0.05) is 12.8 Å². The second-order valence-electron chi connectivity index (χ2n) is 7.11. The van der Waals surface area contributed by atoms with E-state index < -0.39 is 0 Å². The molecule has 25 heavy (non-hydrogen) atoms. The number of fused-ring (bicyclic) bond motifs is 3. The molecule has 1 heterocycles. The van der Waals surface area contributed by atoms with Gasteiger partial charge in [-0.2, -0.15) is 0 Å². The lowest BCUT2D eigenvalue weighted by molar-refractivity contribution is -0.384. The van der Waals surface area contributed by atoms with Crippen molar-refractivity contribution in [3.05, 3.63) is 39.6 Å². The second-order valence-corrected chi connectivity index (χ2v) is 7.11. The number of non-ortho nitro benzene ring substituents is 1. The topological polar surface area (TPSA) is 51.3 Å². The van der Waals surface area contributed by atoms with Crippen LogP contribution in [-0.2, 0) is 19.4 Å². The van der Waals surface area contributed by atoms with Crippen LogP contribution in [-0.4, -0.2) is 35.0 Å². The molecule has 1 aromatic heterocycles. The minimum atomic E-state index is -0.280. The van der Waals surface area contributed by atoms with E-state index in [1.54, 1.807) is 12.1 Å². The third-order valence-corrected chi connectivity index (χ3v) is 5.06. The molecule has 2 aromatic rings. The van der Waals surface area contributed by atoms with Gasteiger partial charge in [0.1, 0.15) is 0 Å². The van der Waals surface area contributed by atoms with Crippen LogP contribution in [0.1, 0.15) is 43.4 Å². The van der Waals surface area contributed by atoms with E-state index in [9.17, 15) is 10.1 Å². The maximum Gasteiger partial charge on any atom is 0.270 e. The molecule has 0 amide bonds. The average molecular weight is 366 g/mol.